The zero-order valence-electron chi connectivity index (χ0n) is 7.75. The summed E-state index contributed by atoms with van der Waals surface area (Å²) in [5, 5.41) is 8.38. The average molecular weight is 295 g/mol. The van der Waals surface area contributed by atoms with Crippen molar-refractivity contribution in [2.45, 2.75) is 6.18 Å². The summed E-state index contributed by atoms with van der Waals surface area (Å²) in [6.07, 6.45) is -2.94. The summed E-state index contributed by atoms with van der Waals surface area (Å²) in [5.74, 6) is -1.30. The van der Waals surface area contributed by atoms with Crippen LogP contribution in [0.4, 0.5) is 13.2 Å². The van der Waals surface area contributed by atoms with Gasteiger partial charge in [-0.3, -0.25) is 0 Å². The molecule has 1 rings (SSSR count). The van der Waals surface area contributed by atoms with Gasteiger partial charge in [-0.1, -0.05) is 22.0 Å². The van der Waals surface area contributed by atoms with Crippen molar-refractivity contribution in [2.75, 3.05) is 0 Å². The highest BCUT2D eigenvalue weighted by molar-refractivity contribution is 9.10. The molecule has 0 heterocycles. The van der Waals surface area contributed by atoms with Gasteiger partial charge >= 0.3 is 12.1 Å². The monoisotopic (exact) mass is 294 g/mol. The van der Waals surface area contributed by atoms with Crippen molar-refractivity contribution in [2.24, 2.45) is 0 Å². The number of rotatable bonds is 2. The molecule has 0 saturated carbocycles. The third-order valence-corrected chi connectivity index (χ3v) is 2.44. The Morgan fingerprint density at radius 2 is 2.00 bits per heavy atom. The SMILES string of the molecule is O=C(O)C=Cc1c(Br)cccc1C(F)(F)F. The van der Waals surface area contributed by atoms with Gasteiger partial charge in [-0.15, -0.1) is 0 Å². The lowest BCUT2D eigenvalue weighted by Crippen LogP contribution is -2.07. The fraction of sp³-hybridized carbons (Fsp3) is 0.100. The van der Waals surface area contributed by atoms with Gasteiger partial charge in [0.2, 0.25) is 0 Å². The molecule has 1 aromatic carbocycles. The lowest BCUT2D eigenvalue weighted by molar-refractivity contribution is -0.138. The van der Waals surface area contributed by atoms with E-state index in [1.165, 1.54) is 12.1 Å². The van der Waals surface area contributed by atoms with Crippen molar-refractivity contribution < 1.29 is 23.1 Å². The maximum Gasteiger partial charge on any atom is 0.417 e. The summed E-state index contributed by atoms with van der Waals surface area (Å²) in [6, 6.07) is 3.55. The molecule has 0 bridgehead atoms. The average Bonchev–Trinajstić information content (AvgIpc) is 2.13. The van der Waals surface area contributed by atoms with Gasteiger partial charge in [0.05, 0.1) is 5.56 Å². The van der Waals surface area contributed by atoms with E-state index in [-0.39, 0.29) is 10.0 Å². The molecule has 0 unspecified atom stereocenters. The van der Waals surface area contributed by atoms with E-state index in [9.17, 15) is 18.0 Å². The molecule has 0 saturated heterocycles. The number of halogens is 4. The largest absolute Gasteiger partial charge is 0.478 e. The molecule has 1 N–H and O–H groups in total. The number of carboxylic acids is 1. The Labute approximate surface area is 97.5 Å². The lowest BCUT2D eigenvalue weighted by Gasteiger charge is -2.11. The van der Waals surface area contributed by atoms with Crippen molar-refractivity contribution in [1.82, 2.24) is 0 Å². The van der Waals surface area contributed by atoms with Gasteiger partial charge in [0.15, 0.2) is 0 Å². The van der Waals surface area contributed by atoms with E-state index >= 15 is 0 Å². The normalized spacial score (nSPS) is 12.0. The first kappa shape index (κ1) is 12.8. The van der Waals surface area contributed by atoms with Crippen LogP contribution in [0, 0.1) is 0 Å². The molecular weight excluding hydrogens is 289 g/mol. The fourth-order valence-electron chi connectivity index (χ4n) is 1.11. The quantitative estimate of drug-likeness (QED) is 0.847. The van der Waals surface area contributed by atoms with E-state index in [4.69, 9.17) is 5.11 Å². The number of aliphatic carboxylic acids is 1. The standard InChI is InChI=1S/C10H6BrF3O2/c11-8-3-1-2-7(10(12,13)14)6(8)4-5-9(15)16/h1-5H,(H,15,16). The van der Waals surface area contributed by atoms with Crippen LogP contribution in [-0.2, 0) is 11.0 Å². The van der Waals surface area contributed by atoms with E-state index in [1.54, 1.807) is 0 Å². The Kier molecular flexibility index (Phi) is 3.74. The Morgan fingerprint density at radius 1 is 1.38 bits per heavy atom. The van der Waals surface area contributed by atoms with Crippen molar-refractivity contribution in [3.63, 3.8) is 0 Å². The first-order chi connectivity index (χ1) is 7.32. The molecule has 16 heavy (non-hydrogen) atoms. The first-order valence-corrected chi connectivity index (χ1v) is 4.88. The Hall–Kier alpha value is -1.30. The molecular formula is C10H6BrF3O2. The predicted molar refractivity (Wildman–Crippen MR) is 55.8 cm³/mol. The van der Waals surface area contributed by atoms with Crippen molar-refractivity contribution >= 4 is 28.0 Å². The number of hydrogen-bond donors (Lipinski definition) is 1. The minimum absolute atomic E-state index is 0.194. The highest BCUT2D eigenvalue weighted by Crippen LogP contribution is 2.35. The molecule has 0 aliphatic rings. The lowest BCUT2D eigenvalue weighted by atomic mass is 10.1. The summed E-state index contributed by atoms with van der Waals surface area (Å²) < 4.78 is 37.8. The van der Waals surface area contributed by atoms with Crippen LogP contribution in [0.2, 0.25) is 0 Å². The molecule has 0 aliphatic carbocycles. The minimum Gasteiger partial charge on any atom is -0.478 e. The van der Waals surface area contributed by atoms with Gasteiger partial charge in [-0.2, -0.15) is 13.2 Å². The molecule has 6 heteroatoms. The van der Waals surface area contributed by atoms with E-state index < -0.39 is 17.7 Å². The number of carboxylic acid groups (broad SMARTS) is 1. The molecule has 0 atom stereocenters. The van der Waals surface area contributed by atoms with Crippen molar-refractivity contribution in [3.8, 4) is 0 Å². The van der Waals surface area contributed by atoms with E-state index in [0.717, 1.165) is 12.1 Å². The zero-order chi connectivity index (χ0) is 12.3. The molecule has 1 aromatic rings. The Balaban J connectivity index is 3.30. The second kappa shape index (κ2) is 4.69. The van der Waals surface area contributed by atoms with Gasteiger partial charge in [-0.05, 0) is 18.2 Å². The van der Waals surface area contributed by atoms with Crippen LogP contribution in [0.3, 0.4) is 0 Å². The van der Waals surface area contributed by atoms with Crippen LogP contribution in [0.15, 0.2) is 28.7 Å². The van der Waals surface area contributed by atoms with Crippen LogP contribution in [0.25, 0.3) is 6.08 Å². The topological polar surface area (TPSA) is 37.3 Å². The van der Waals surface area contributed by atoms with Crippen molar-refractivity contribution in [1.29, 1.82) is 0 Å². The van der Waals surface area contributed by atoms with E-state index in [2.05, 4.69) is 15.9 Å². The van der Waals surface area contributed by atoms with Gasteiger partial charge < -0.3 is 5.11 Å². The van der Waals surface area contributed by atoms with Crippen LogP contribution in [-0.4, -0.2) is 11.1 Å². The third-order valence-electron chi connectivity index (χ3n) is 1.75. The highest BCUT2D eigenvalue weighted by Gasteiger charge is 2.33. The van der Waals surface area contributed by atoms with Gasteiger partial charge in [0.25, 0.3) is 0 Å². The van der Waals surface area contributed by atoms with E-state index in [0.29, 0.717) is 6.08 Å². The highest BCUT2D eigenvalue weighted by atomic mass is 79.9. The molecule has 0 radical (unpaired) electrons. The van der Waals surface area contributed by atoms with Crippen LogP contribution in [0.1, 0.15) is 11.1 Å². The maximum absolute atomic E-state index is 12.6. The Bertz CT molecular complexity index is 438. The van der Waals surface area contributed by atoms with Crippen LogP contribution in [0.5, 0.6) is 0 Å². The van der Waals surface area contributed by atoms with Gasteiger partial charge in [-0.25, -0.2) is 4.79 Å². The molecule has 0 spiro atoms. The second-order valence-corrected chi connectivity index (χ2v) is 3.72. The van der Waals surface area contributed by atoms with Crippen LogP contribution < -0.4 is 0 Å². The molecule has 0 amide bonds. The second-order valence-electron chi connectivity index (χ2n) is 2.87. The van der Waals surface area contributed by atoms with Crippen molar-refractivity contribution in [3.05, 3.63) is 39.9 Å². The molecule has 86 valence electrons. The summed E-state index contributed by atoms with van der Waals surface area (Å²) in [6.45, 7) is 0. The fourth-order valence-corrected chi connectivity index (χ4v) is 1.61. The van der Waals surface area contributed by atoms with E-state index in [1.807, 2.05) is 0 Å². The summed E-state index contributed by atoms with van der Waals surface area (Å²) in [4.78, 5) is 10.3. The predicted octanol–water partition coefficient (Wildman–Crippen LogP) is 3.57. The number of carbonyl (C=O) groups is 1. The number of benzene rings is 1. The van der Waals surface area contributed by atoms with Gasteiger partial charge in [0.1, 0.15) is 0 Å². The number of hydrogen-bond acceptors (Lipinski definition) is 1. The third kappa shape index (κ3) is 3.10. The maximum atomic E-state index is 12.6. The van der Waals surface area contributed by atoms with Gasteiger partial charge in [0, 0.05) is 16.1 Å². The summed E-state index contributed by atoms with van der Waals surface area (Å²) in [7, 11) is 0. The van der Waals surface area contributed by atoms with Crippen LogP contribution >= 0.6 is 15.9 Å². The Morgan fingerprint density at radius 3 is 2.50 bits per heavy atom. The molecule has 0 fully saturated rings. The summed E-state index contributed by atoms with van der Waals surface area (Å²) >= 11 is 2.95. The smallest absolute Gasteiger partial charge is 0.417 e. The molecule has 0 aliphatic heterocycles. The zero-order valence-corrected chi connectivity index (χ0v) is 9.34. The molecule has 2 nitrogen and oxygen atoms in total. The summed E-state index contributed by atoms with van der Waals surface area (Å²) in [5.41, 5.74) is -1.07. The number of alkyl halides is 3. The first-order valence-electron chi connectivity index (χ1n) is 4.09. The minimum atomic E-state index is -4.51. The molecule has 0 aromatic heterocycles.